The van der Waals surface area contributed by atoms with Gasteiger partial charge in [-0.1, -0.05) is 0 Å². The van der Waals surface area contributed by atoms with E-state index in [4.69, 9.17) is 20.0 Å². The molecule has 2 unspecified atom stereocenters. The zero-order chi connectivity index (χ0) is 22.8. The van der Waals surface area contributed by atoms with E-state index in [0.29, 0.717) is 17.6 Å². The van der Waals surface area contributed by atoms with Crippen molar-refractivity contribution >= 4 is 40.4 Å². The number of fused-ring (bicyclic) bond motifs is 2. The van der Waals surface area contributed by atoms with Crippen LogP contribution in [0.4, 0.5) is 5.82 Å². The predicted octanol–water partition coefficient (Wildman–Crippen LogP) is 0.0638. The van der Waals surface area contributed by atoms with Gasteiger partial charge in [0, 0.05) is 11.5 Å². The summed E-state index contributed by atoms with van der Waals surface area (Å²) >= 11 is 0. The highest BCUT2D eigenvalue weighted by atomic mass is 31.3. The number of aliphatic hydroxyl groups excluding tert-OH is 1. The molecule has 0 spiro atoms. The Morgan fingerprint density at radius 3 is 2.48 bits per heavy atom. The highest BCUT2D eigenvalue weighted by Crippen LogP contribution is 2.71. The molecule has 0 bridgehead atoms. The number of rotatable bonds is 8. The molecule has 2 heterocycles. The number of hydrogen-bond donors (Lipinski definition) is 6. The van der Waals surface area contributed by atoms with E-state index in [1.54, 1.807) is 4.57 Å². The lowest BCUT2D eigenvalue weighted by Gasteiger charge is -2.21. The van der Waals surface area contributed by atoms with Gasteiger partial charge in [0.2, 0.25) is 0 Å². The summed E-state index contributed by atoms with van der Waals surface area (Å²) in [6.07, 6.45) is 2.47. The maximum Gasteiger partial charge on any atom is 0.490 e. The molecule has 2 aromatic rings. The third-order valence-electron chi connectivity index (χ3n) is 5.43. The van der Waals surface area contributed by atoms with Gasteiger partial charge >= 0.3 is 23.5 Å². The molecule has 0 radical (unpaired) electrons. The van der Waals surface area contributed by atoms with Crippen molar-refractivity contribution in [3.63, 3.8) is 0 Å². The number of aliphatic hydroxyl groups is 1. The molecule has 0 aliphatic heterocycles. The lowest BCUT2D eigenvalue weighted by atomic mass is 10.0. The average Bonchev–Trinajstić information content (AvgIpc) is 3.06. The van der Waals surface area contributed by atoms with Gasteiger partial charge in [0.05, 0.1) is 19.0 Å². The van der Waals surface area contributed by atoms with E-state index in [2.05, 4.69) is 23.6 Å². The molecule has 2 aliphatic rings. The minimum absolute atomic E-state index is 0.192. The van der Waals surface area contributed by atoms with Crippen LogP contribution >= 0.6 is 23.5 Å². The molecule has 0 aromatic carbocycles. The van der Waals surface area contributed by atoms with E-state index in [1.807, 2.05) is 0 Å². The Labute approximate surface area is 173 Å². The average molecular weight is 501 g/mol. The van der Waals surface area contributed by atoms with Crippen LogP contribution in [0.5, 0.6) is 0 Å². The van der Waals surface area contributed by atoms with Crippen molar-refractivity contribution in [2.75, 3.05) is 12.3 Å². The van der Waals surface area contributed by atoms with Gasteiger partial charge in [-0.2, -0.15) is 8.62 Å². The minimum Gasteiger partial charge on any atom is -0.392 e. The summed E-state index contributed by atoms with van der Waals surface area (Å²) in [7, 11) is -16.4. The minimum atomic E-state index is -5.61. The van der Waals surface area contributed by atoms with Gasteiger partial charge in [-0.3, -0.25) is 4.52 Å². The monoisotopic (exact) mass is 501 g/mol. The van der Waals surface area contributed by atoms with E-state index in [0.717, 1.165) is 0 Å². The third kappa shape index (κ3) is 4.47. The topological polar surface area (TPSA) is 250 Å². The van der Waals surface area contributed by atoms with Crippen molar-refractivity contribution in [1.82, 2.24) is 19.5 Å². The Morgan fingerprint density at radius 1 is 1.13 bits per heavy atom. The van der Waals surface area contributed by atoms with Crippen LogP contribution in [0, 0.1) is 11.3 Å². The first kappa shape index (κ1) is 22.9. The SMILES string of the molecule is Nc1ncnc2c1ncn2[C@H]1C[C@H](O)[C@]2(COP(=O)(O)OP(=O)(O)OP(=O)(O)O)C[C@H]12. The highest BCUT2D eigenvalue weighted by molar-refractivity contribution is 7.66. The molecule has 4 rings (SSSR count). The number of nitrogen functional groups attached to an aromatic ring is 1. The largest absolute Gasteiger partial charge is 0.490 e. The van der Waals surface area contributed by atoms with E-state index in [-0.39, 0.29) is 24.2 Å². The molecule has 6 atom stereocenters. The molecule has 2 aliphatic carbocycles. The van der Waals surface area contributed by atoms with Gasteiger partial charge in [-0.05, 0) is 18.8 Å². The summed E-state index contributed by atoms with van der Waals surface area (Å²) in [6, 6.07) is -0.279. The molecular formula is C12H18N5O11P3. The van der Waals surface area contributed by atoms with Crippen LogP contribution in [0.2, 0.25) is 0 Å². The van der Waals surface area contributed by atoms with Crippen LogP contribution in [0.3, 0.4) is 0 Å². The second-order valence-corrected chi connectivity index (χ2v) is 11.7. The lowest BCUT2D eigenvalue weighted by molar-refractivity contribution is 0.0561. The number of nitrogens with zero attached hydrogens (tertiary/aromatic N) is 4. The lowest BCUT2D eigenvalue weighted by Crippen LogP contribution is -2.24. The Hall–Kier alpha value is -1.28. The first-order valence-electron chi connectivity index (χ1n) is 8.62. The zero-order valence-electron chi connectivity index (χ0n) is 15.4. The second kappa shape index (κ2) is 7.37. The summed E-state index contributed by atoms with van der Waals surface area (Å²) in [6.45, 7) is -0.525. The van der Waals surface area contributed by atoms with Crippen LogP contribution in [0.1, 0.15) is 18.9 Å². The number of aromatic nitrogens is 4. The predicted molar refractivity (Wildman–Crippen MR) is 99.8 cm³/mol. The molecule has 0 amide bonds. The summed E-state index contributed by atoms with van der Waals surface area (Å²) in [5.74, 6) is -0.0135. The smallest absolute Gasteiger partial charge is 0.392 e. The molecule has 19 heteroatoms. The molecule has 0 saturated heterocycles. The summed E-state index contributed by atoms with van der Waals surface area (Å²) in [4.78, 5) is 48.2. The number of phosphoric ester groups is 1. The molecule has 2 fully saturated rings. The molecule has 7 N–H and O–H groups in total. The maximum absolute atomic E-state index is 12.0. The van der Waals surface area contributed by atoms with Crippen molar-refractivity contribution in [3.05, 3.63) is 12.7 Å². The fourth-order valence-electron chi connectivity index (χ4n) is 4.07. The van der Waals surface area contributed by atoms with Crippen LogP contribution in [-0.2, 0) is 26.8 Å². The number of hydrogen-bond acceptors (Lipinski definition) is 11. The van der Waals surface area contributed by atoms with Crippen LogP contribution < -0.4 is 5.73 Å². The number of nitrogens with two attached hydrogens (primary N) is 1. The fourth-order valence-corrected chi connectivity index (χ4v) is 7.17. The van der Waals surface area contributed by atoms with Crippen molar-refractivity contribution in [2.45, 2.75) is 25.0 Å². The van der Waals surface area contributed by atoms with Gasteiger partial charge in [0.15, 0.2) is 11.5 Å². The Morgan fingerprint density at radius 2 is 1.84 bits per heavy atom. The van der Waals surface area contributed by atoms with Crippen molar-refractivity contribution in [1.29, 1.82) is 0 Å². The Balaban J connectivity index is 1.46. The molecule has 31 heavy (non-hydrogen) atoms. The van der Waals surface area contributed by atoms with Gasteiger partial charge in [-0.15, -0.1) is 0 Å². The highest BCUT2D eigenvalue weighted by Gasteiger charge is 2.68. The summed E-state index contributed by atoms with van der Waals surface area (Å²) in [5.41, 5.74) is 5.69. The second-order valence-electron chi connectivity index (χ2n) is 7.31. The standard InChI is InChI=1S/C12H18N5O11P3/c13-10-9-11(15-4-14-10)17(5-16-9)7-1-8(18)12(2-6(7)12)3-26-30(22,23)28-31(24,25)27-29(19,20)21/h4-8,18H,1-3H2,(H,22,23)(H,24,25)(H2,13,14,15)(H2,19,20,21)/t6-,7+,8+,12+/m1/s1. The van der Waals surface area contributed by atoms with E-state index in [1.165, 1.54) is 12.7 Å². The molecular weight excluding hydrogens is 483 g/mol. The quantitative estimate of drug-likeness (QED) is 0.262. The van der Waals surface area contributed by atoms with Gasteiger partial charge in [-0.25, -0.2) is 28.6 Å². The molecule has 2 saturated carbocycles. The van der Waals surface area contributed by atoms with Crippen LogP contribution in [0.15, 0.2) is 12.7 Å². The Kier molecular flexibility index (Phi) is 5.44. The van der Waals surface area contributed by atoms with Crippen LogP contribution in [0.25, 0.3) is 11.2 Å². The van der Waals surface area contributed by atoms with Crippen molar-refractivity contribution < 1.29 is 51.5 Å². The molecule has 2 aromatic heterocycles. The molecule has 16 nitrogen and oxygen atoms in total. The zero-order valence-corrected chi connectivity index (χ0v) is 18.1. The van der Waals surface area contributed by atoms with Gasteiger partial charge in [0.25, 0.3) is 0 Å². The number of phosphoric acid groups is 3. The normalized spacial score (nSPS) is 31.8. The number of anilines is 1. The first-order valence-corrected chi connectivity index (χ1v) is 13.1. The summed E-state index contributed by atoms with van der Waals surface area (Å²) < 4.78 is 47.9. The Bertz CT molecular complexity index is 1170. The third-order valence-corrected chi connectivity index (χ3v) is 9.21. The van der Waals surface area contributed by atoms with Crippen LogP contribution in [-0.4, -0.2) is 56.9 Å². The first-order chi connectivity index (χ1) is 14.2. The van der Waals surface area contributed by atoms with Crippen molar-refractivity contribution in [2.24, 2.45) is 11.3 Å². The molecule has 172 valence electrons. The van der Waals surface area contributed by atoms with E-state index < -0.39 is 41.6 Å². The van der Waals surface area contributed by atoms with Gasteiger partial charge < -0.3 is 35.0 Å². The van der Waals surface area contributed by atoms with E-state index in [9.17, 15) is 28.6 Å². The summed E-state index contributed by atoms with van der Waals surface area (Å²) in [5, 5.41) is 10.6. The number of imidazole rings is 1. The van der Waals surface area contributed by atoms with Crippen molar-refractivity contribution in [3.8, 4) is 0 Å². The van der Waals surface area contributed by atoms with E-state index >= 15 is 0 Å². The van der Waals surface area contributed by atoms with Gasteiger partial charge in [0.1, 0.15) is 11.8 Å². The maximum atomic E-state index is 12.0. The fraction of sp³-hybridized carbons (Fsp3) is 0.583.